The van der Waals surface area contributed by atoms with Crippen molar-refractivity contribution in [1.82, 2.24) is 0 Å². The van der Waals surface area contributed by atoms with Gasteiger partial charge in [-0.3, -0.25) is 0 Å². The second kappa shape index (κ2) is 8.07. The summed E-state index contributed by atoms with van der Waals surface area (Å²) in [4.78, 5) is 0. The maximum absolute atomic E-state index is 5.71. The molecule has 0 aliphatic heterocycles. The monoisotopic (exact) mass is 332 g/mol. The molecule has 1 aromatic rings. The van der Waals surface area contributed by atoms with Crippen LogP contribution < -0.4 is 0 Å². The third-order valence-corrected chi connectivity index (χ3v) is 3.19. The molecule has 2 atom stereocenters. The summed E-state index contributed by atoms with van der Waals surface area (Å²) in [5, 5.41) is 0. The first-order chi connectivity index (χ1) is 7.68. The highest BCUT2D eigenvalue weighted by atomic mass is 127. The summed E-state index contributed by atoms with van der Waals surface area (Å²) >= 11 is 2.48. The Bertz CT molecular complexity index is 271. The third kappa shape index (κ3) is 6.48. The van der Waals surface area contributed by atoms with Crippen LogP contribution in [-0.2, 0) is 11.3 Å². The summed E-state index contributed by atoms with van der Waals surface area (Å²) in [5.41, 5.74) is 1.26. The number of ether oxygens (including phenoxy) is 1. The molecule has 0 aliphatic carbocycles. The van der Waals surface area contributed by atoms with E-state index in [-0.39, 0.29) is 0 Å². The lowest BCUT2D eigenvalue weighted by molar-refractivity contribution is 0.0891. The molecule has 2 unspecified atom stereocenters. The summed E-state index contributed by atoms with van der Waals surface area (Å²) in [6, 6.07) is 10.4. The molecule has 0 fully saturated rings. The van der Waals surface area contributed by atoms with Gasteiger partial charge in [-0.1, -0.05) is 66.8 Å². The molecule has 1 rings (SSSR count). The summed E-state index contributed by atoms with van der Waals surface area (Å²) in [6.07, 6.45) is 2.55. The fourth-order valence-corrected chi connectivity index (χ4v) is 1.91. The van der Waals surface area contributed by atoms with Gasteiger partial charge >= 0.3 is 0 Å². The Labute approximate surface area is 113 Å². The molecule has 0 N–H and O–H groups in total. The maximum atomic E-state index is 5.71. The van der Waals surface area contributed by atoms with Gasteiger partial charge in [0, 0.05) is 10.5 Å². The highest BCUT2D eigenvalue weighted by Gasteiger charge is 2.04. The SMILES string of the molecule is CC(I)CCC(C)COCc1ccccc1. The largest absolute Gasteiger partial charge is 0.376 e. The predicted molar refractivity (Wildman–Crippen MR) is 78.0 cm³/mol. The lowest BCUT2D eigenvalue weighted by atomic mass is 10.1. The van der Waals surface area contributed by atoms with Gasteiger partial charge < -0.3 is 4.74 Å². The number of hydrogen-bond donors (Lipinski definition) is 0. The first kappa shape index (κ1) is 14.0. The summed E-state index contributed by atoms with van der Waals surface area (Å²) in [7, 11) is 0. The molecule has 0 aliphatic rings. The summed E-state index contributed by atoms with van der Waals surface area (Å²) < 4.78 is 6.48. The predicted octanol–water partition coefficient (Wildman–Crippen LogP) is 4.44. The molecule has 0 radical (unpaired) electrons. The molecule has 16 heavy (non-hydrogen) atoms. The Balaban J connectivity index is 2.11. The molecule has 90 valence electrons. The zero-order valence-electron chi connectivity index (χ0n) is 10.2. The Hall–Kier alpha value is -0.0900. The van der Waals surface area contributed by atoms with Crippen molar-refractivity contribution in [2.45, 2.75) is 37.2 Å². The molecule has 0 amide bonds. The number of alkyl halides is 1. The zero-order valence-corrected chi connectivity index (χ0v) is 12.3. The van der Waals surface area contributed by atoms with Crippen molar-refractivity contribution >= 4 is 22.6 Å². The average molecular weight is 332 g/mol. The molecule has 0 aromatic heterocycles. The van der Waals surface area contributed by atoms with Crippen molar-refractivity contribution in [2.75, 3.05) is 6.61 Å². The molecular weight excluding hydrogens is 311 g/mol. The molecule has 1 nitrogen and oxygen atoms in total. The minimum absolute atomic E-state index is 0.668. The van der Waals surface area contributed by atoms with Crippen molar-refractivity contribution < 1.29 is 4.74 Å². The number of rotatable bonds is 7. The van der Waals surface area contributed by atoms with Gasteiger partial charge in [-0.15, -0.1) is 0 Å². The number of hydrogen-bond acceptors (Lipinski definition) is 1. The van der Waals surface area contributed by atoms with Gasteiger partial charge in [-0.25, -0.2) is 0 Å². The van der Waals surface area contributed by atoms with Gasteiger partial charge in [-0.05, 0) is 24.3 Å². The second-order valence-corrected chi connectivity index (χ2v) is 6.59. The molecule has 1 aromatic carbocycles. The van der Waals surface area contributed by atoms with Crippen molar-refractivity contribution in [1.29, 1.82) is 0 Å². The first-order valence-electron chi connectivity index (χ1n) is 5.94. The van der Waals surface area contributed by atoms with Gasteiger partial charge in [0.1, 0.15) is 0 Å². The Kier molecular flexibility index (Phi) is 7.05. The Morgan fingerprint density at radius 1 is 1.12 bits per heavy atom. The van der Waals surface area contributed by atoms with Crippen molar-refractivity contribution in [2.24, 2.45) is 5.92 Å². The maximum Gasteiger partial charge on any atom is 0.0717 e. The molecule has 2 heteroatoms. The Morgan fingerprint density at radius 2 is 1.81 bits per heavy atom. The van der Waals surface area contributed by atoms with E-state index in [1.54, 1.807) is 0 Å². The van der Waals surface area contributed by atoms with Crippen molar-refractivity contribution in [3.63, 3.8) is 0 Å². The van der Waals surface area contributed by atoms with E-state index in [4.69, 9.17) is 4.74 Å². The van der Waals surface area contributed by atoms with Crippen LogP contribution in [0.5, 0.6) is 0 Å². The smallest absolute Gasteiger partial charge is 0.0717 e. The summed E-state index contributed by atoms with van der Waals surface area (Å²) in [6.45, 7) is 6.14. The van der Waals surface area contributed by atoms with Crippen LogP contribution in [-0.4, -0.2) is 10.5 Å². The van der Waals surface area contributed by atoms with Crippen molar-refractivity contribution in [3.05, 3.63) is 35.9 Å². The highest BCUT2D eigenvalue weighted by molar-refractivity contribution is 14.1. The molecule has 0 heterocycles. The van der Waals surface area contributed by atoms with Crippen LogP contribution in [0.1, 0.15) is 32.3 Å². The van der Waals surface area contributed by atoms with E-state index in [0.29, 0.717) is 5.92 Å². The van der Waals surface area contributed by atoms with E-state index in [2.05, 4.69) is 60.7 Å². The fraction of sp³-hybridized carbons (Fsp3) is 0.571. The summed E-state index contributed by atoms with van der Waals surface area (Å²) in [5.74, 6) is 0.668. The van der Waals surface area contributed by atoms with Gasteiger partial charge in [0.15, 0.2) is 0 Å². The van der Waals surface area contributed by atoms with E-state index in [1.807, 2.05) is 6.07 Å². The van der Waals surface area contributed by atoms with Crippen LogP contribution in [0.4, 0.5) is 0 Å². The van der Waals surface area contributed by atoms with Crippen LogP contribution in [0.25, 0.3) is 0 Å². The molecule has 0 spiro atoms. The van der Waals surface area contributed by atoms with Crippen molar-refractivity contribution in [3.8, 4) is 0 Å². The quantitative estimate of drug-likeness (QED) is 0.530. The number of benzene rings is 1. The molecule has 0 bridgehead atoms. The lowest BCUT2D eigenvalue weighted by Crippen LogP contribution is -2.07. The van der Waals surface area contributed by atoms with Crippen LogP contribution in [0, 0.1) is 5.92 Å². The number of halogens is 1. The minimum Gasteiger partial charge on any atom is -0.376 e. The van der Waals surface area contributed by atoms with Crippen LogP contribution >= 0.6 is 22.6 Å². The van der Waals surface area contributed by atoms with Gasteiger partial charge in [-0.2, -0.15) is 0 Å². The van der Waals surface area contributed by atoms with Gasteiger partial charge in [0.05, 0.1) is 6.61 Å². The van der Waals surface area contributed by atoms with E-state index in [1.165, 1.54) is 18.4 Å². The average Bonchev–Trinajstić information content (AvgIpc) is 2.28. The second-order valence-electron chi connectivity index (χ2n) is 4.46. The van der Waals surface area contributed by atoms with Crippen LogP contribution in [0.3, 0.4) is 0 Å². The van der Waals surface area contributed by atoms with Crippen LogP contribution in [0.2, 0.25) is 0 Å². The van der Waals surface area contributed by atoms with E-state index >= 15 is 0 Å². The zero-order chi connectivity index (χ0) is 11.8. The normalized spacial score (nSPS) is 14.7. The highest BCUT2D eigenvalue weighted by Crippen LogP contribution is 2.14. The fourth-order valence-electron chi connectivity index (χ4n) is 1.55. The van der Waals surface area contributed by atoms with Gasteiger partial charge in [0.2, 0.25) is 0 Å². The van der Waals surface area contributed by atoms with Crippen LogP contribution in [0.15, 0.2) is 30.3 Å². The molecular formula is C14H21IO. The standard InChI is InChI=1S/C14H21IO/c1-12(8-9-13(2)15)10-16-11-14-6-4-3-5-7-14/h3-7,12-13H,8-11H2,1-2H3. The molecule has 0 saturated heterocycles. The molecule has 0 saturated carbocycles. The van der Waals surface area contributed by atoms with E-state index in [0.717, 1.165) is 17.1 Å². The van der Waals surface area contributed by atoms with E-state index in [9.17, 15) is 0 Å². The topological polar surface area (TPSA) is 9.23 Å². The minimum atomic E-state index is 0.668. The van der Waals surface area contributed by atoms with E-state index < -0.39 is 0 Å². The van der Waals surface area contributed by atoms with Gasteiger partial charge in [0.25, 0.3) is 0 Å². The third-order valence-electron chi connectivity index (χ3n) is 2.57. The Morgan fingerprint density at radius 3 is 2.44 bits per heavy atom. The first-order valence-corrected chi connectivity index (χ1v) is 7.18. The lowest BCUT2D eigenvalue weighted by Gasteiger charge is -2.12.